The summed E-state index contributed by atoms with van der Waals surface area (Å²) in [7, 11) is 0. The molecule has 18 heavy (non-hydrogen) atoms. The Morgan fingerprint density at radius 3 is 2.78 bits per heavy atom. The van der Waals surface area contributed by atoms with E-state index in [1.54, 1.807) is 12.5 Å². The van der Waals surface area contributed by atoms with Crippen LogP contribution in [0.25, 0.3) is 17.1 Å². The number of aromatic nitrogens is 3. The average molecular weight is 244 g/mol. The molecule has 94 valence electrons. The van der Waals surface area contributed by atoms with E-state index in [1.165, 1.54) is 0 Å². The number of hydrogen-bond donors (Lipinski definition) is 1. The number of fused-ring (bicyclic) bond motifs is 1. The van der Waals surface area contributed by atoms with Crippen molar-refractivity contribution in [1.82, 2.24) is 14.4 Å². The molecule has 0 atom stereocenters. The maximum atomic E-state index is 5.84. The first-order valence-electron chi connectivity index (χ1n) is 5.90. The molecule has 0 aliphatic heterocycles. The van der Waals surface area contributed by atoms with Crippen molar-refractivity contribution in [1.29, 1.82) is 0 Å². The number of imidazole rings is 1. The molecule has 0 amide bonds. The molecule has 3 heterocycles. The third-order valence-electron chi connectivity index (χ3n) is 2.56. The fourth-order valence-electron chi connectivity index (χ4n) is 1.78. The molecule has 3 rings (SSSR count). The lowest BCUT2D eigenvalue weighted by Crippen LogP contribution is -2.02. The zero-order valence-electron chi connectivity index (χ0n) is 10.7. The van der Waals surface area contributed by atoms with Crippen LogP contribution >= 0.6 is 0 Å². The molecule has 0 radical (unpaired) electrons. The fraction of sp³-hybridized carbons (Fsp3) is 0.231. The van der Waals surface area contributed by atoms with Gasteiger partial charge in [0.05, 0.1) is 12.0 Å². The number of rotatable bonds is 1. The summed E-state index contributed by atoms with van der Waals surface area (Å²) in [6, 6.07) is 3.68. The summed E-state index contributed by atoms with van der Waals surface area (Å²) in [4.78, 5) is 8.46. The van der Waals surface area contributed by atoms with Crippen molar-refractivity contribution >= 4 is 11.5 Å². The molecule has 3 aromatic heterocycles. The molecular weight excluding hydrogens is 228 g/mol. The molecule has 0 saturated heterocycles. The molecule has 3 aromatic rings. The van der Waals surface area contributed by atoms with Crippen LogP contribution in [-0.4, -0.2) is 14.4 Å². The topological polar surface area (TPSA) is 69.3 Å². The number of hydrogen-bond acceptors (Lipinski definition) is 4. The highest BCUT2D eigenvalue weighted by Crippen LogP contribution is 2.24. The van der Waals surface area contributed by atoms with Crippen molar-refractivity contribution < 1.29 is 4.42 Å². The van der Waals surface area contributed by atoms with Gasteiger partial charge < -0.3 is 10.2 Å². The molecule has 0 aliphatic rings. The molecule has 5 heteroatoms. The first kappa shape index (κ1) is 12.2. The lowest BCUT2D eigenvalue weighted by atomic mass is 10.2. The van der Waals surface area contributed by atoms with Crippen molar-refractivity contribution in [3.05, 3.63) is 36.5 Å². The molecule has 0 bridgehead atoms. The smallest absolute Gasteiger partial charge is 0.180 e. The zero-order valence-corrected chi connectivity index (χ0v) is 10.7. The Balaban J connectivity index is 0.000000574. The van der Waals surface area contributed by atoms with Crippen LogP contribution in [0.4, 0.5) is 5.82 Å². The Morgan fingerprint density at radius 1 is 1.33 bits per heavy atom. The van der Waals surface area contributed by atoms with Gasteiger partial charge in [0.25, 0.3) is 0 Å². The number of nitrogen functional groups attached to an aromatic ring is 1. The minimum atomic E-state index is 0.405. The van der Waals surface area contributed by atoms with Gasteiger partial charge >= 0.3 is 0 Å². The Hall–Kier alpha value is -2.30. The van der Waals surface area contributed by atoms with E-state index in [0.29, 0.717) is 17.2 Å². The third kappa shape index (κ3) is 1.84. The van der Waals surface area contributed by atoms with Crippen LogP contribution in [0.2, 0.25) is 0 Å². The standard InChI is InChI=1S/C11H10N4O.C2H6/c1-7-9(8-3-2-6-16-8)14-10(12)11-13-4-5-15(7)11;1-2/h2-6H,1H3,(H2,12,14);1-2H3. The Labute approximate surface area is 105 Å². The van der Waals surface area contributed by atoms with E-state index in [2.05, 4.69) is 9.97 Å². The van der Waals surface area contributed by atoms with Gasteiger partial charge in [-0.3, -0.25) is 4.40 Å². The van der Waals surface area contributed by atoms with E-state index in [0.717, 1.165) is 11.4 Å². The average Bonchev–Trinajstić information content (AvgIpc) is 3.06. The predicted octanol–water partition coefficient (Wildman–Crippen LogP) is 2.91. The van der Waals surface area contributed by atoms with Crippen molar-refractivity contribution in [3.63, 3.8) is 0 Å². The molecule has 0 saturated carbocycles. The van der Waals surface area contributed by atoms with Crippen LogP contribution in [0.3, 0.4) is 0 Å². The predicted molar refractivity (Wildman–Crippen MR) is 71.2 cm³/mol. The van der Waals surface area contributed by atoms with Gasteiger partial charge in [0.1, 0.15) is 5.69 Å². The highest BCUT2D eigenvalue weighted by molar-refractivity contribution is 5.67. The summed E-state index contributed by atoms with van der Waals surface area (Å²) < 4.78 is 7.23. The summed E-state index contributed by atoms with van der Waals surface area (Å²) >= 11 is 0. The Kier molecular flexibility index (Phi) is 3.32. The lowest BCUT2D eigenvalue weighted by molar-refractivity contribution is 0.579. The second-order valence-electron chi connectivity index (χ2n) is 3.53. The Bertz CT molecular complexity index is 640. The molecule has 5 nitrogen and oxygen atoms in total. The highest BCUT2D eigenvalue weighted by atomic mass is 16.3. The van der Waals surface area contributed by atoms with Gasteiger partial charge in [-0.15, -0.1) is 0 Å². The van der Waals surface area contributed by atoms with E-state index in [4.69, 9.17) is 10.2 Å². The summed E-state index contributed by atoms with van der Waals surface area (Å²) in [5.41, 5.74) is 8.21. The molecule has 0 unspecified atom stereocenters. The van der Waals surface area contributed by atoms with Crippen molar-refractivity contribution in [3.8, 4) is 11.5 Å². The number of furan rings is 1. The van der Waals surface area contributed by atoms with E-state index < -0.39 is 0 Å². The molecule has 2 N–H and O–H groups in total. The highest BCUT2D eigenvalue weighted by Gasteiger charge is 2.12. The van der Waals surface area contributed by atoms with Crippen molar-refractivity contribution in [2.45, 2.75) is 20.8 Å². The van der Waals surface area contributed by atoms with E-state index in [-0.39, 0.29) is 0 Å². The second-order valence-corrected chi connectivity index (χ2v) is 3.53. The third-order valence-corrected chi connectivity index (χ3v) is 2.56. The van der Waals surface area contributed by atoms with Gasteiger partial charge in [0, 0.05) is 12.4 Å². The van der Waals surface area contributed by atoms with Gasteiger partial charge in [-0.25, -0.2) is 9.97 Å². The molecular formula is C13H16N4O. The summed E-state index contributed by atoms with van der Waals surface area (Å²) in [6.45, 7) is 5.96. The zero-order chi connectivity index (χ0) is 13.1. The second kappa shape index (κ2) is 4.91. The van der Waals surface area contributed by atoms with E-state index in [1.807, 2.05) is 43.5 Å². The molecule has 0 fully saturated rings. The molecule has 0 aliphatic carbocycles. The monoisotopic (exact) mass is 244 g/mol. The number of anilines is 1. The minimum absolute atomic E-state index is 0.405. The summed E-state index contributed by atoms with van der Waals surface area (Å²) in [6.07, 6.45) is 5.17. The number of nitrogens with two attached hydrogens (primary N) is 1. The Morgan fingerprint density at radius 2 is 2.11 bits per heavy atom. The largest absolute Gasteiger partial charge is 0.463 e. The number of aryl methyl sites for hydroxylation is 1. The van der Waals surface area contributed by atoms with Crippen LogP contribution in [0.5, 0.6) is 0 Å². The first-order chi connectivity index (χ1) is 8.77. The SMILES string of the molecule is CC.Cc1c(-c2ccco2)nc(N)c2nccn12. The quantitative estimate of drug-likeness (QED) is 0.714. The minimum Gasteiger partial charge on any atom is -0.463 e. The fourth-order valence-corrected chi connectivity index (χ4v) is 1.78. The van der Waals surface area contributed by atoms with Crippen molar-refractivity contribution in [2.75, 3.05) is 5.73 Å². The number of nitrogens with zero attached hydrogens (tertiary/aromatic N) is 3. The van der Waals surface area contributed by atoms with Gasteiger partial charge in [-0.1, -0.05) is 13.8 Å². The normalized spacial score (nSPS) is 10.2. The van der Waals surface area contributed by atoms with Gasteiger partial charge in [0.2, 0.25) is 0 Å². The van der Waals surface area contributed by atoms with Gasteiger partial charge in [-0.2, -0.15) is 0 Å². The maximum absolute atomic E-state index is 5.84. The summed E-state index contributed by atoms with van der Waals surface area (Å²) in [5.74, 6) is 1.11. The van der Waals surface area contributed by atoms with Crippen LogP contribution in [-0.2, 0) is 0 Å². The van der Waals surface area contributed by atoms with E-state index >= 15 is 0 Å². The van der Waals surface area contributed by atoms with Crippen LogP contribution in [0.1, 0.15) is 19.5 Å². The maximum Gasteiger partial charge on any atom is 0.180 e. The van der Waals surface area contributed by atoms with Gasteiger partial charge in [0.15, 0.2) is 17.2 Å². The van der Waals surface area contributed by atoms with Crippen molar-refractivity contribution in [2.24, 2.45) is 0 Å². The van der Waals surface area contributed by atoms with Crippen LogP contribution in [0, 0.1) is 6.92 Å². The molecule has 0 aromatic carbocycles. The van der Waals surface area contributed by atoms with Gasteiger partial charge in [-0.05, 0) is 19.1 Å². The van der Waals surface area contributed by atoms with Crippen LogP contribution < -0.4 is 5.73 Å². The first-order valence-corrected chi connectivity index (χ1v) is 5.90. The lowest BCUT2D eigenvalue weighted by Gasteiger charge is -2.06. The van der Waals surface area contributed by atoms with Crippen LogP contribution in [0.15, 0.2) is 35.2 Å². The molecule has 0 spiro atoms. The van der Waals surface area contributed by atoms with E-state index in [9.17, 15) is 0 Å². The summed E-state index contributed by atoms with van der Waals surface area (Å²) in [5, 5.41) is 0.